The number of thiophene rings is 1. The summed E-state index contributed by atoms with van der Waals surface area (Å²) in [5, 5.41) is 5.91. The number of fused-ring (bicyclic) bond motifs is 9. The number of hydrogen-bond acceptors (Lipinski definition) is 4. The third kappa shape index (κ3) is 3.17. The molecule has 0 aliphatic heterocycles. The fourth-order valence-electron chi connectivity index (χ4n) is 5.98. The largest absolute Gasteiger partial charge is 0.455 e. The number of rotatable bonds is 2. The summed E-state index contributed by atoms with van der Waals surface area (Å²) in [5.41, 5.74) is 9.21. The first-order chi connectivity index (χ1) is 19.8. The van der Waals surface area contributed by atoms with Crippen LogP contribution in [0, 0.1) is 0 Å². The Hall–Kier alpha value is -5.06. The summed E-state index contributed by atoms with van der Waals surface area (Å²) in [7, 11) is 0. The Labute approximate surface area is 233 Å². The first-order valence-corrected chi connectivity index (χ1v) is 14.1. The molecule has 40 heavy (non-hydrogen) atoms. The highest BCUT2D eigenvalue weighted by molar-refractivity contribution is 7.25. The van der Waals surface area contributed by atoms with E-state index in [1.165, 1.54) is 20.9 Å². The van der Waals surface area contributed by atoms with Crippen molar-refractivity contribution in [2.75, 3.05) is 0 Å². The lowest BCUT2D eigenvalue weighted by molar-refractivity contribution is 0.670. The van der Waals surface area contributed by atoms with Gasteiger partial charge in [-0.1, -0.05) is 84.9 Å². The molecular weight excluding hydrogens is 508 g/mol. The molecule has 4 heteroatoms. The predicted molar refractivity (Wildman–Crippen MR) is 168 cm³/mol. The highest BCUT2D eigenvalue weighted by Gasteiger charge is 2.15. The van der Waals surface area contributed by atoms with E-state index in [1.807, 2.05) is 24.3 Å². The van der Waals surface area contributed by atoms with E-state index in [2.05, 4.69) is 97.1 Å². The lowest BCUT2D eigenvalue weighted by Crippen LogP contribution is -1.84. The molecule has 0 N–H and O–H groups in total. The number of aromatic nitrogens is 2. The minimum absolute atomic E-state index is 0.917. The normalized spacial score (nSPS) is 12.0. The Bertz CT molecular complexity index is 2450. The van der Waals surface area contributed by atoms with Crippen molar-refractivity contribution in [3.05, 3.63) is 121 Å². The first-order valence-electron chi connectivity index (χ1n) is 13.3. The third-order valence-electron chi connectivity index (χ3n) is 7.87. The Morgan fingerprint density at radius 2 is 1.32 bits per heavy atom. The van der Waals surface area contributed by atoms with E-state index in [0.29, 0.717) is 0 Å². The van der Waals surface area contributed by atoms with E-state index in [9.17, 15) is 0 Å². The summed E-state index contributed by atoms with van der Waals surface area (Å²) in [6, 6.07) is 42.6. The topological polar surface area (TPSA) is 38.9 Å². The highest BCUT2D eigenvalue weighted by atomic mass is 32.1. The van der Waals surface area contributed by atoms with Crippen molar-refractivity contribution in [3.63, 3.8) is 0 Å². The summed E-state index contributed by atoms with van der Waals surface area (Å²) in [4.78, 5) is 10.8. The molecule has 0 spiro atoms. The van der Waals surface area contributed by atoms with Crippen LogP contribution in [0.1, 0.15) is 0 Å². The molecule has 0 saturated heterocycles. The Morgan fingerprint density at radius 3 is 2.27 bits per heavy atom. The van der Waals surface area contributed by atoms with Gasteiger partial charge >= 0.3 is 0 Å². The van der Waals surface area contributed by atoms with Gasteiger partial charge in [-0.3, -0.25) is 0 Å². The van der Waals surface area contributed by atoms with Crippen LogP contribution in [-0.2, 0) is 0 Å². The highest BCUT2D eigenvalue weighted by Crippen LogP contribution is 2.40. The number of hydrogen-bond donors (Lipinski definition) is 0. The second-order valence-electron chi connectivity index (χ2n) is 10.2. The first kappa shape index (κ1) is 21.8. The Morgan fingerprint density at radius 1 is 0.550 bits per heavy atom. The molecule has 0 aliphatic rings. The molecule has 0 atom stereocenters. The van der Waals surface area contributed by atoms with Gasteiger partial charge in [0.1, 0.15) is 21.5 Å². The lowest BCUT2D eigenvalue weighted by Gasteiger charge is -2.07. The molecule has 0 bridgehead atoms. The second kappa shape index (κ2) is 8.22. The van der Waals surface area contributed by atoms with Crippen LogP contribution < -0.4 is 0 Å². The third-order valence-corrected chi connectivity index (χ3v) is 8.93. The van der Waals surface area contributed by atoms with Gasteiger partial charge in [0.25, 0.3) is 0 Å². The van der Waals surface area contributed by atoms with Crippen LogP contribution in [-0.4, -0.2) is 9.97 Å². The molecule has 9 rings (SSSR count). The monoisotopic (exact) mass is 528 g/mol. The van der Waals surface area contributed by atoms with E-state index in [4.69, 9.17) is 14.4 Å². The smallest absolute Gasteiger partial charge is 0.143 e. The molecule has 3 nitrogen and oxygen atoms in total. The van der Waals surface area contributed by atoms with Crippen LogP contribution >= 0.6 is 11.3 Å². The van der Waals surface area contributed by atoms with Crippen LogP contribution in [0.25, 0.3) is 86.4 Å². The van der Waals surface area contributed by atoms with Gasteiger partial charge < -0.3 is 4.42 Å². The van der Waals surface area contributed by atoms with Crippen molar-refractivity contribution in [1.82, 2.24) is 9.97 Å². The molecule has 0 fully saturated rings. The maximum atomic E-state index is 6.51. The van der Waals surface area contributed by atoms with Crippen LogP contribution in [0.5, 0.6) is 0 Å². The second-order valence-corrected chi connectivity index (χ2v) is 11.2. The molecule has 0 radical (unpaired) electrons. The van der Waals surface area contributed by atoms with Crippen molar-refractivity contribution in [1.29, 1.82) is 0 Å². The molecule has 3 aromatic heterocycles. The summed E-state index contributed by atoms with van der Waals surface area (Å²) in [5.74, 6) is 0. The quantitative estimate of drug-likeness (QED) is 0.224. The van der Waals surface area contributed by atoms with Crippen molar-refractivity contribution < 1.29 is 4.42 Å². The molecular formula is C36H20N2OS. The molecule has 6 aromatic carbocycles. The van der Waals surface area contributed by atoms with Crippen molar-refractivity contribution in [2.45, 2.75) is 0 Å². The van der Waals surface area contributed by atoms with Crippen molar-refractivity contribution >= 4 is 75.5 Å². The average molecular weight is 529 g/mol. The molecule has 0 saturated carbocycles. The number of benzene rings is 6. The van der Waals surface area contributed by atoms with Crippen LogP contribution in [0.3, 0.4) is 0 Å². The summed E-state index contributed by atoms with van der Waals surface area (Å²) in [6.07, 6.45) is 0. The predicted octanol–water partition coefficient (Wildman–Crippen LogP) is 10.4. The van der Waals surface area contributed by atoms with Gasteiger partial charge in [0, 0.05) is 26.4 Å². The Kier molecular flexibility index (Phi) is 4.48. The van der Waals surface area contributed by atoms with E-state index in [-0.39, 0.29) is 0 Å². The fraction of sp³-hybridized carbons (Fsp3) is 0. The average Bonchev–Trinajstić information content (AvgIpc) is 3.57. The van der Waals surface area contributed by atoms with Gasteiger partial charge in [-0.05, 0) is 63.9 Å². The van der Waals surface area contributed by atoms with Gasteiger partial charge in [0.2, 0.25) is 0 Å². The minimum Gasteiger partial charge on any atom is -0.455 e. The zero-order chi connectivity index (χ0) is 26.2. The van der Waals surface area contributed by atoms with E-state index >= 15 is 0 Å². The maximum Gasteiger partial charge on any atom is 0.143 e. The summed E-state index contributed by atoms with van der Waals surface area (Å²) >= 11 is 1.70. The maximum absolute atomic E-state index is 6.51. The van der Waals surface area contributed by atoms with Gasteiger partial charge in [-0.15, -0.1) is 11.3 Å². The number of para-hydroxylation sites is 3. The number of furan rings is 1. The summed E-state index contributed by atoms with van der Waals surface area (Å²) < 4.78 is 7.71. The van der Waals surface area contributed by atoms with Crippen LogP contribution in [0.15, 0.2) is 126 Å². The van der Waals surface area contributed by atoms with Gasteiger partial charge in [0.15, 0.2) is 0 Å². The van der Waals surface area contributed by atoms with Crippen LogP contribution in [0.4, 0.5) is 0 Å². The summed E-state index contributed by atoms with van der Waals surface area (Å²) in [6.45, 7) is 0. The zero-order valence-corrected chi connectivity index (χ0v) is 22.1. The lowest BCUT2D eigenvalue weighted by atomic mass is 9.96. The number of nitrogens with zero attached hydrogens (tertiary/aromatic N) is 2. The molecule has 3 heterocycles. The van der Waals surface area contributed by atoms with Crippen molar-refractivity contribution in [2.24, 2.45) is 0 Å². The zero-order valence-electron chi connectivity index (χ0n) is 21.3. The van der Waals surface area contributed by atoms with Crippen molar-refractivity contribution in [3.8, 4) is 22.3 Å². The molecule has 0 unspecified atom stereocenters. The van der Waals surface area contributed by atoms with E-state index in [0.717, 1.165) is 65.6 Å². The van der Waals surface area contributed by atoms with Crippen LogP contribution in [0.2, 0.25) is 0 Å². The molecule has 9 aromatic rings. The fourth-order valence-corrected chi connectivity index (χ4v) is 6.99. The molecule has 186 valence electrons. The van der Waals surface area contributed by atoms with E-state index < -0.39 is 0 Å². The Balaban J connectivity index is 1.22. The molecule has 0 aliphatic carbocycles. The van der Waals surface area contributed by atoms with E-state index in [1.54, 1.807) is 11.3 Å². The molecule has 0 amide bonds. The van der Waals surface area contributed by atoms with Gasteiger partial charge in [-0.25, -0.2) is 9.97 Å². The van der Waals surface area contributed by atoms with Gasteiger partial charge in [-0.2, -0.15) is 0 Å². The standard InChI is InChI=1S/C36H20N2OS/c1-2-10-25-21(7-1)15-17-31-33(25)27-12-6-11-26(35(27)39-31)24-9-5-8-22(19-24)23-16-18-32-28(20-23)34-36(40-32)38-30-14-4-3-13-29(30)37-34/h1-20H. The van der Waals surface area contributed by atoms with Gasteiger partial charge in [0.05, 0.1) is 11.0 Å². The SMILES string of the molecule is c1cc(-c2ccc3sc4nc5ccccc5nc4c3c2)cc(-c2cccc3c2oc2ccc4ccccc4c23)c1. The minimum atomic E-state index is 0.917.